The van der Waals surface area contributed by atoms with Crippen molar-refractivity contribution in [3.8, 4) is 0 Å². The Morgan fingerprint density at radius 2 is 2.36 bits per heavy atom. The third-order valence-corrected chi connectivity index (χ3v) is 1.72. The molecule has 4 nitrogen and oxygen atoms in total. The zero-order valence-corrected chi connectivity index (χ0v) is 6.56. The van der Waals surface area contributed by atoms with E-state index >= 15 is 0 Å². The summed E-state index contributed by atoms with van der Waals surface area (Å²) in [5.41, 5.74) is 0. The van der Waals surface area contributed by atoms with Gasteiger partial charge in [0.1, 0.15) is 6.10 Å². The molecule has 0 aliphatic carbocycles. The van der Waals surface area contributed by atoms with Crippen molar-refractivity contribution >= 4 is 0 Å². The molecule has 0 aromatic heterocycles. The van der Waals surface area contributed by atoms with E-state index in [0.29, 0.717) is 13.0 Å². The molecule has 0 spiro atoms. The molecule has 66 valence electrons. The molecular weight excluding hydrogens is 148 g/mol. The minimum absolute atomic E-state index is 0.148. The number of hydrogen-bond donors (Lipinski definition) is 2. The molecular formula is C7H14O4. The van der Waals surface area contributed by atoms with Crippen molar-refractivity contribution in [2.75, 3.05) is 13.2 Å². The standard InChI is InChI=1S/C7H14O4/c1-2-10-7-3-5(9)6(4-8)11-7/h5-9H,2-4H2,1H3/t5-,6+,7-/m1/s1. The van der Waals surface area contributed by atoms with Crippen LogP contribution in [-0.4, -0.2) is 41.9 Å². The van der Waals surface area contributed by atoms with Crippen LogP contribution < -0.4 is 0 Å². The molecule has 1 fully saturated rings. The van der Waals surface area contributed by atoms with E-state index in [4.69, 9.17) is 14.6 Å². The van der Waals surface area contributed by atoms with E-state index in [-0.39, 0.29) is 12.9 Å². The minimum Gasteiger partial charge on any atom is -0.394 e. The SMILES string of the molecule is CCO[C@H]1C[C@@H](O)[C@H](CO)O1. The van der Waals surface area contributed by atoms with E-state index in [1.807, 2.05) is 6.92 Å². The molecule has 0 aromatic rings. The van der Waals surface area contributed by atoms with E-state index in [2.05, 4.69) is 0 Å². The molecule has 3 atom stereocenters. The quantitative estimate of drug-likeness (QED) is 0.587. The molecule has 0 saturated carbocycles. The Labute approximate surface area is 65.7 Å². The summed E-state index contributed by atoms with van der Waals surface area (Å²) in [6, 6.07) is 0. The number of rotatable bonds is 3. The molecule has 1 aliphatic rings. The van der Waals surface area contributed by atoms with Gasteiger partial charge in [0.25, 0.3) is 0 Å². The fourth-order valence-electron chi connectivity index (χ4n) is 1.15. The zero-order valence-electron chi connectivity index (χ0n) is 6.56. The van der Waals surface area contributed by atoms with Crippen LogP contribution in [0, 0.1) is 0 Å². The smallest absolute Gasteiger partial charge is 0.160 e. The maximum absolute atomic E-state index is 9.22. The molecule has 0 aromatic carbocycles. The minimum atomic E-state index is -0.587. The van der Waals surface area contributed by atoms with Crippen molar-refractivity contribution < 1.29 is 19.7 Å². The predicted molar refractivity (Wildman–Crippen MR) is 38.0 cm³/mol. The Hall–Kier alpha value is -0.160. The molecule has 0 unspecified atom stereocenters. The van der Waals surface area contributed by atoms with Crippen LogP contribution in [0.4, 0.5) is 0 Å². The first kappa shape index (κ1) is 8.93. The van der Waals surface area contributed by atoms with Crippen LogP contribution >= 0.6 is 0 Å². The zero-order chi connectivity index (χ0) is 8.27. The Bertz CT molecular complexity index is 117. The van der Waals surface area contributed by atoms with E-state index in [0.717, 1.165) is 0 Å². The maximum Gasteiger partial charge on any atom is 0.160 e. The van der Waals surface area contributed by atoms with Crippen molar-refractivity contribution in [1.82, 2.24) is 0 Å². The van der Waals surface area contributed by atoms with Crippen molar-refractivity contribution in [2.45, 2.75) is 31.8 Å². The Morgan fingerprint density at radius 3 is 2.82 bits per heavy atom. The topological polar surface area (TPSA) is 58.9 Å². The van der Waals surface area contributed by atoms with Crippen molar-refractivity contribution in [3.05, 3.63) is 0 Å². The summed E-state index contributed by atoms with van der Waals surface area (Å²) in [6.07, 6.45) is -0.936. The number of hydrogen-bond acceptors (Lipinski definition) is 4. The van der Waals surface area contributed by atoms with Gasteiger partial charge in [-0.2, -0.15) is 0 Å². The molecule has 2 N–H and O–H groups in total. The largest absolute Gasteiger partial charge is 0.394 e. The van der Waals surface area contributed by atoms with Gasteiger partial charge in [-0.3, -0.25) is 0 Å². The summed E-state index contributed by atoms with van der Waals surface area (Å²) in [6.45, 7) is 2.28. The summed E-state index contributed by atoms with van der Waals surface area (Å²) in [4.78, 5) is 0. The second-order valence-corrected chi connectivity index (χ2v) is 2.55. The lowest BCUT2D eigenvalue weighted by molar-refractivity contribution is -0.140. The van der Waals surface area contributed by atoms with Crippen molar-refractivity contribution in [3.63, 3.8) is 0 Å². The van der Waals surface area contributed by atoms with Crippen LogP contribution in [0.3, 0.4) is 0 Å². The highest BCUT2D eigenvalue weighted by molar-refractivity contribution is 4.76. The molecule has 1 saturated heterocycles. The average Bonchev–Trinajstić information content (AvgIpc) is 2.32. The fraction of sp³-hybridized carbons (Fsp3) is 1.00. The van der Waals surface area contributed by atoms with Crippen LogP contribution in [0.25, 0.3) is 0 Å². The Morgan fingerprint density at radius 1 is 1.64 bits per heavy atom. The first-order valence-electron chi connectivity index (χ1n) is 3.84. The second-order valence-electron chi connectivity index (χ2n) is 2.55. The van der Waals surface area contributed by atoms with Crippen LogP contribution in [0.1, 0.15) is 13.3 Å². The normalized spacial score (nSPS) is 37.9. The summed E-state index contributed by atoms with van der Waals surface area (Å²) in [5.74, 6) is 0. The summed E-state index contributed by atoms with van der Waals surface area (Å²) < 4.78 is 10.3. The summed E-state index contributed by atoms with van der Waals surface area (Å²) >= 11 is 0. The molecule has 0 radical (unpaired) electrons. The second kappa shape index (κ2) is 4.01. The van der Waals surface area contributed by atoms with E-state index in [1.54, 1.807) is 0 Å². The first-order valence-corrected chi connectivity index (χ1v) is 3.84. The predicted octanol–water partition coefficient (Wildman–Crippen LogP) is -0.509. The van der Waals surface area contributed by atoms with Crippen molar-refractivity contribution in [1.29, 1.82) is 0 Å². The van der Waals surface area contributed by atoms with Gasteiger partial charge in [0.15, 0.2) is 6.29 Å². The van der Waals surface area contributed by atoms with Gasteiger partial charge in [-0.25, -0.2) is 0 Å². The van der Waals surface area contributed by atoms with Crippen LogP contribution in [-0.2, 0) is 9.47 Å². The monoisotopic (exact) mass is 162 g/mol. The van der Waals surface area contributed by atoms with Gasteiger partial charge >= 0.3 is 0 Å². The highest BCUT2D eigenvalue weighted by atomic mass is 16.7. The van der Waals surface area contributed by atoms with Gasteiger partial charge in [-0.05, 0) is 6.92 Å². The van der Waals surface area contributed by atoms with Gasteiger partial charge in [-0.1, -0.05) is 0 Å². The van der Waals surface area contributed by atoms with Gasteiger partial charge in [-0.15, -0.1) is 0 Å². The average molecular weight is 162 g/mol. The lowest BCUT2D eigenvalue weighted by Gasteiger charge is -2.10. The Balaban J connectivity index is 2.30. The van der Waals surface area contributed by atoms with Gasteiger partial charge < -0.3 is 19.7 Å². The van der Waals surface area contributed by atoms with E-state index in [1.165, 1.54) is 0 Å². The van der Waals surface area contributed by atoms with Crippen LogP contribution in [0.5, 0.6) is 0 Å². The first-order chi connectivity index (χ1) is 5.27. The molecule has 11 heavy (non-hydrogen) atoms. The highest BCUT2D eigenvalue weighted by Gasteiger charge is 2.33. The molecule has 0 amide bonds. The maximum atomic E-state index is 9.22. The van der Waals surface area contributed by atoms with Gasteiger partial charge in [0.05, 0.1) is 12.7 Å². The van der Waals surface area contributed by atoms with Crippen LogP contribution in [0.15, 0.2) is 0 Å². The number of aliphatic hydroxyl groups is 2. The van der Waals surface area contributed by atoms with Crippen molar-refractivity contribution in [2.24, 2.45) is 0 Å². The molecule has 1 rings (SSSR count). The van der Waals surface area contributed by atoms with E-state index < -0.39 is 12.2 Å². The molecule has 1 heterocycles. The molecule has 1 aliphatic heterocycles. The molecule has 0 bridgehead atoms. The highest BCUT2D eigenvalue weighted by Crippen LogP contribution is 2.20. The van der Waals surface area contributed by atoms with Crippen LogP contribution in [0.2, 0.25) is 0 Å². The summed E-state index contributed by atoms with van der Waals surface area (Å²) in [5, 5.41) is 17.9. The Kier molecular flexibility index (Phi) is 3.26. The lowest BCUT2D eigenvalue weighted by Crippen LogP contribution is -2.24. The van der Waals surface area contributed by atoms with Gasteiger partial charge in [0.2, 0.25) is 0 Å². The van der Waals surface area contributed by atoms with Gasteiger partial charge in [0, 0.05) is 13.0 Å². The third kappa shape index (κ3) is 2.13. The number of ether oxygens (including phenoxy) is 2. The van der Waals surface area contributed by atoms with E-state index in [9.17, 15) is 5.11 Å². The number of aliphatic hydroxyl groups excluding tert-OH is 2. The molecule has 4 heteroatoms. The lowest BCUT2D eigenvalue weighted by atomic mass is 10.2. The third-order valence-electron chi connectivity index (χ3n) is 1.72. The fourth-order valence-corrected chi connectivity index (χ4v) is 1.15. The summed E-state index contributed by atoms with van der Waals surface area (Å²) in [7, 11) is 0.